The molecule has 1 atom stereocenters. The van der Waals surface area contributed by atoms with Crippen LogP contribution in [0.5, 0.6) is 0 Å². The fourth-order valence-electron chi connectivity index (χ4n) is 3.04. The van der Waals surface area contributed by atoms with Crippen molar-refractivity contribution in [1.29, 1.82) is 0 Å². The highest BCUT2D eigenvalue weighted by atomic mass is 32.2. The zero-order valence-corrected chi connectivity index (χ0v) is 15.5. The van der Waals surface area contributed by atoms with Crippen LogP contribution < -0.4 is 4.31 Å². The molecule has 0 saturated heterocycles. The molecular weight excluding hydrogens is 361 g/mol. The van der Waals surface area contributed by atoms with Crippen LogP contribution in [0.1, 0.15) is 22.8 Å². The van der Waals surface area contributed by atoms with Gasteiger partial charge in [-0.3, -0.25) is 9.10 Å². The molecule has 25 heavy (non-hydrogen) atoms. The van der Waals surface area contributed by atoms with Crippen molar-refractivity contribution < 1.29 is 17.6 Å². The Morgan fingerprint density at radius 3 is 2.56 bits per heavy atom. The quantitative estimate of drug-likeness (QED) is 0.589. The minimum absolute atomic E-state index is 0.0393. The second kappa shape index (κ2) is 6.80. The lowest BCUT2D eigenvalue weighted by molar-refractivity contribution is 0.102. The van der Waals surface area contributed by atoms with Crippen molar-refractivity contribution >= 4 is 33.3 Å². The van der Waals surface area contributed by atoms with E-state index >= 15 is 0 Å². The summed E-state index contributed by atoms with van der Waals surface area (Å²) < 4.78 is 38.2. The number of benzene rings is 2. The van der Waals surface area contributed by atoms with Crippen LogP contribution in [0.2, 0.25) is 0 Å². The number of sulfonamides is 1. The summed E-state index contributed by atoms with van der Waals surface area (Å²) in [7, 11) is -3.33. The molecule has 7 heteroatoms. The SMILES string of the molecule is C[C@@H]1Cc2cc(C(=O)CSc3ccc(F)cc3)ccc2N1S(C)(=O)=O. The Bertz CT molecular complexity index is 910. The van der Waals surface area contributed by atoms with E-state index in [1.54, 1.807) is 30.3 Å². The van der Waals surface area contributed by atoms with Gasteiger partial charge in [0.25, 0.3) is 0 Å². The minimum atomic E-state index is -3.33. The monoisotopic (exact) mass is 379 g/mol. The van der Waals surface area contributed by atoms with E-state index in [4.69, 9.17) is 0 Å². The summed E-state index contributed by atoms with van der Waals surface area (Å²) in [5, 5.41) is 0. The standard InChI is InChI=1S/C18H18FNO3S2/c1-12-9-14-10-13(3-8-17(14)20(12)25(2,22)23)18(21)11-24-16-6-4-15(19)5-7-16/h3-8,10,12H,9,11H2,1-2H3/t12-/m1/s1. The van der Waals surface area contributed by atoms with Crippen LogP contribution in [0.15, 0.2) is 47.4 Å². The molecule has 0 saturated carbocycles. The topological polar surface area (TPSA) is 54.5 Å². The first-order chi connectivity index (χ1) is 11.8. The molecule has 0 amide bonds. The maximum Gasteiger partial charge on any atom is 0.232 e. The van der Waals surface area contributed by atoms with E-state index in [9.17, 15) is 17.6 Å². The molecule has 3 rings (SSSR count). The van der Waals surface area contributed by atoms with Crippen molar-refractivity contribution in [2.45, 2.75) is 24.3 Å². The summed E-state index contributed by atoms with van der Waals surface area (Å²) in [6.45, 7) is 1.85. The molecule has 0 fully saturated rings. The van der Waals surface area contributed by atoms with Gasteiger partial charge in [0.2, 0.25) is 10.0 Å². The molecule has 1 heterocycles. The number of nitrogens with zero attached hydrogens (tertiary/aromatic N) is 1. The van der Waals surface area contributed by atoms with Gasteiger partial charge in [-0.15, -0.1) is 11.8 Å². The van der Waals surface area contributed by atoms with Gasteiger partial charge < -0.3 is 0 Å². The Balaban J connectivity index is 1.75. The molecule has 132 valence electrons. The van der Waals surface area contributed by atoms with Crippen LogP contribution in [0.25, 0.3) is 0 Å². The lowest BCUT2D eigenvalue weighted by Crippen LogP contribution is -2.34. The Morgan fingerprint density at radius 1 is 1.24 bits per heavy atom. The van der Waals surface area contributed by atoms with E-state index in [-0.39, 0.29) is 23.4 Å². The molecule has 1 aliphatic rings. The molecular formula is C18H18FNO3S2. The van der Waals surface area contributed by atoms with Crippen molar-refractivity contribution in [3.05, 3.63) is 59.4 Å². The van der Waals surface area contributed by atoms with Gasteiger partial charge in [0.05, 0.1) is 17.7 Å². The third kappa shape index (κ3) is 3.88. The molecule has 0 aliphatic carbocycles. The van der Waals surface area contributed by atoms with E-state index in [2.05, 4.69) is 0 Å². The number of hydrogen-bond donors (Lipinski definition) is 0. The summed E-state index contributed by atoms with van der Waals surface area (Å²) in [4.78, 5) is 13.2. The van der Waals surface area contributed by atoms with Gasteiger partial charge in [-0.25, -0.2) is 12.8 Å². The van der Waals surface area contributed by atoms with Gasteiger partial charge in [-0.1, -0.05) is 0 Å². The summed E-state index contributed by atoms with van der Waals surface area (Å²) in [6.07, 6.45) is 1.78. The van der Waals surface area contributed by atoms with E-state index in [0.717, 1.165) is 10.5 Å². The molecule has 0 bridgehead atoms. The third-order valence-electron chi connectivity index (χ3n) is 4.10. The highest BCUT2D eigenvalue weighted by Gasteiger charge is 2.32. The van der Waals surface area contributed by atoms with Gasteiger partial charge in [0, 0.05) is 16.5 Å². The third-order valence-corrected chi connectivity index (χ3v) is 6.38. The molecule has 4 nitrogen and oxygen atoms in total. The predicted molar refractivity (Wildman–Crippen MR) is 98.4 cm³/mol. The lowest BCUT2D eigenvalue weighted by Gasteiger charge is -2.21. The Morgan fingerprint density at radius 2 is 1.92 bits per heavy atom. The number of rotatable bonds is 5. The number of hydrogen-bond acceptors (Lipinski definition) is 4. The van der Waals surface area contributed by atoms with Gasteiger partial charge >= 0.3 is 0 Å². The van der Waals surface area contributed by atoms with Crippen LogP contribution in [0.4, 0.5) is 10.1 Å². The highest BCUT2D eigenvalue weighted by Crippen LogP contribution is 2.35. The highest BCUT2D eigenvalue weighted by molar-refractivity contribution is 8.00. The Kier molecular flexibility index (Phi) is 4.88. The Hall–Kier alpha value is -1.86. The molecule has 1 aliphatic heterocycles. The molecule has 2 aromatic carbocycles. The smallest absolute Gasteiger partial charge is 0.232 e. The van der Waals surface area contributed by atoms with Crippen molar-refractivity contribution in [1.82, 2.24) is 0 Å². The molecule has 2 aromatic rings. The largest absolute Gasteiger partial charge is 0.293 e. The van der Waals surface area contributed by atoms with Crippen LogP contribution in [0, 0.1) is 5.82 Å². The van der Waals surface area contributed by atoms with Crippen molar-refractivity contribution in [2.75, 3.05) is 16.3 Å². The summed E-state index contributed by atoms with van der Waals surface area (Å²) >= 11 is 1.35. The van der Waals surface area contributed by atoms with E-state index in [0.29, 0.717) is 17.7 Å². The molecule has 0 radical (unpaired) electrons. The number of Topliss-reactive ketones (excluding diaryl/α,β-unsaturated/α-hetero) is 1. The summed E-state index contributed by atoms with van der Waals surface area (Å²) in [6, 6.07) is 11.0. The molecule has 0 spiro atoms. The average molecular weight is 379 g/mol. The van der Waals surface area contributed by atoms with Crippen molar-refractivity contribution in [2.24, 2.45) is 0 Å². The Labute approximate surface area is 151 Å². The number of fused-ring (bicyclic) bond motifs is 1. The number of carbonyl (C=O) groups excluding carboxylic acids is 1. The molecule has 0 unspecified atom stereocenters. The van der Waals surface area contributed by atoms with Crippen molar-refractivity contribution in [3.63, 3.8) is 0 Å². The van der Waals surface area contributed by atoms with Crippen molar-refractivity contribution in [3.8, 4) is 0 Å². The number of ketones is 1. The van der Waals surface area contributed by atoms with E-state index < -0.39 is 10.0 Å². The second-order valence-electron chi connectivity index (χ2n) is 6.12. The predicted octanol–water partition coefficient (Wildman–Crippen LogP) is 3.51. The van der Waals surface area contributed by atoms with Crippen LogP contribution in [-0.4, -0.2) is 32.3 Å². The van der Waals surface area contributed by atoms with Gasteiger partial charge in [0.1, 0.15) is 5.82 Å². The number of carbonyl (C=O) groups is 1. The average Bonchev–Trinajstić information content (AvgIpc) is 2.88. The lowest BCUT2D eigenvalue weighted by atomic mass is 10.0. The normalized spacial score (nSPS) is 16.8. The maximum atomic E-state index is 12.9. The number of thioether (sulfide) groups is 1. The fraction of sp³-hybridized carbons (Fsp3) is 0.278. The van der Waals surface area contributed by atoms with Gasteiger partial charge in [-0.2, -0.15) is 0 Å². The molecule has 0 aromatic heterocycles. The van der Waals surface area contributed by atoms with E-state index in [1.807, 2.05) is 6.92 Å². The number of anilines is 1. The number of halogens is 1. The van der Waals surface area contributed by atoms with Crippen LogP contribution in [-0.2, 0) is 16.4 Å². The second-order valence-corrected chi connectivity index (χ2v) is 9.03. The zero-order chi connectivity index (χ0) is 18.2. The van der Waals surface area contributed by atoms with Gasteiger partial charge in [0.15, 0.2) is 5.78 Å². The fourth-order valence-corrected chi connectivity index (χ4v) is 5.10. The van der Waals surface area contributed by atoms with Crippen LogP contribution >= 0.6 is 11.8 Å². The first-order valence-corrected chi connectivity index (χ1v) is 10.6. The molecule has 0 N–H and O–H groups in total. The zero-order valence-electron chi connectivity index (χ0n) is 13.9. The summed E-state index contributed by atoms with van der Waals surface area (Å²) in [5.41, 5.74) is 2.09. The maximum absolute atomic E-state index is 12.9. The van der Waals surface area contributed by atoms with E-state index in [1.165, 1.54) is 34.5 Å². The first kappa shape index (κ1) is 17.9. The van der Waals surface area contributed by atoms with Gasteiger partial charge in [-0.05, 0) is 61.4 Å². The summed E-state index contributed by atoms with van der Waals surface area (Å²) in [5.74, 6) is -0.100. The minimum Gasteiger partial charge on any atom is -0.293 e. The van der Waals surface area contributed by atoms with Crippen LogP contribution in [0.3, 0.4) is 0 Å². The first-order valence-electron chi connectivity index (χ1n) is 7.79.